The zero-order valence-corrected chi connectivity index (χ0v) is 11.6. The molecule has 0 saturated heterocycles. The van der Waals surface area contributed by atoms with Gasteiger partial charge in [0.05, 0.1) is 0 Å². The minimum Gasteiger partial charge on any atom is -0.314 e. The number of nitrogens with one attached hydrogen (secondary N) is 1. The summed E-state index contributed by atoms with van der Waals surface area (Å²) >= 11 is 0. The summed E-state index contributed by atoms with van der Waals surface area (Å²) < 4.78 is 12.9. The molecule has 0 radical (unpaired) electrons. The molecule has 2 heteroatoms. The Hall–Kier alpha value is -0.890. The van der Waals surface area contributed by atoms with Crippen LogP contribution in [0, 0.1) is 17.7 Å². The van der Waals surface area contributed by atoms with E-state index in [0.717, 1.165) is 24.3 Å². The highest BCUT2D eigenvalue weighted by Gasteiger charge is 2.28. The van der Waals surface area contributed by atoms with Gasteiger partial charge >= 0.3 is 0 Å². The molecule has 19 heavy (non-hydrogen) atoms. The smallest absolute Gasteiger partial charge is 0.123 e. The molecule has 1 aromatic rings. The number of hydrogen-bond acceptors (Lipinski definition) is 1. The van der Waals surface area contributed by atoms with E-state index in [2.05, 4.69) is 5.32 Å². The van der Waals surface area contributed by atoms with Crippen molar-refractivity contribution in [2.24, 2.45) is 11.8 Å². The first-order chi connectivity index (χ1) is 9.31. The second-order valence-corrected chi connectivity index (χ2v) is 6.32. The van der Waals surface area contributed by atoms with Crippen LogP contribution in [0.4, 0.5) is 4.39 Å². The molecule has 2 saturated carbocycles. The minimum atomic E-state index is -0.126. The Kier molecular flexibility index (Phi) is 4.17. The van der Waals surface area contributed by atoms with Gasteiger partial charge < -0.3 is 5.32 Å². The summed E-state index contributed by atoms with van der Waals surface area (Å²) in [6.45, 7) is 1.19. The fourth-order valence-electron chi connectivity index (χ4n) is 3.35. The van der Waals surface area contributed by atoms with Gasteiger partial charge in [0.1, 0.15) is 5.82 Å². The summed E-state index contributed by atoms with van der Waals surface area (Å²) in [5, 5.41) is 3.69. The van der Waals surface area contributed by atoms with Gasteiger partial charge in [0.2, 0.25) is 0 Å². The van der Waals surface area contributed by atoms with Crippen LogP contribution in [0.3, 0.4) is 0 Å². The molecule has 0 aromatic heterocycles. The molecular formula is C17H24FN. The van der Waals surface area contributed by atoms with Crippen LogP contribution in [0.5, 0.6) is 0 Å². The first-order valence-corrected chi connectivity index (χ1v) is 7.79. The van der Waals surface area contributed by atoms with Crippen LogP contribution in [-0.4, -0.2) is 12.6 Å². The molecule has 104 valence electrons. The third-order valence-corrected chi connectivity index (χ3v) is 4.72. The summed E-state index contributed by atoms with van der Waals surface area (Å²) in [6, 6.07) is 7.91. The maximum atomic E-state index is 12.9. The predicted molar refractivity (Wildman–Crippen MR) is 76.6 cm³/mol. The maximum absolute atomic E-state index is 12.9. The molecule has 2 aliphatic rings. The highest BCUT2D eigenvalue weighted by atomic mass is 19.1. The topological polar surface area (TPSA) is 12.0 Å². The highest BCUT2D eigenvalue weighted by Crippen LogP contribution is 2.33. The number of hydrogen-bond donors (Lipinski definition) is 1. The lowest BCUT2D eigenvalue weighted by Crippen LogP contribution is -2.32. The summed E-state index contributed by atoms with van der Waals surface area (Å²) in [4.78, 5) is 0. The summed E-state index contributed by atoms with van der Waals surface area (Å²) in [5.41, 5.74) is 1.30. The number of halogens is 1. The minimum absolute atomic E-state index is 0.126. The molecule has 2 fully saturated rings. The molecule has 0 aliphatic heterocycles. The third-order valence-electron chi connectivity index (χ3n) is 4.72. The highest BCUT2D eigenvalue weighted by molar-refractivity contribution is 5.17. The first-order valence-electron chi connectivity index (χ1n) is 7.79. The molecule has 0 heterocycles. The molecule has 2 aliphatic carbocycles. The molecule has 2 atom stereocenters. The Morgan fingerprint density at radius 2 is 1.63 bits per heavy atom. The summed E-state index contributed by atoms with van der Waals surface area (Å²) in [7, 11) is 0. The molecule has 2 unspecified atom stereocenters. The molecule has 0 spiro atoms. The van der Waals surface area contributed by atoms with E-state index < -0.39 is 0 Å². The van der Waals surface area contributed by atoms with Gasteiger partial charge in [-0.1, -0.05) is 25.0 Å². The van der Waals surface area contributed by atoms with Crippen LogP contribution in [0.2, 0.25) is 0 Å². The van der Waals surface area contributed by atoms with Gasteiger partial charge in [-0.2, -0.15) is 0 Å². The average molecular weight is 261 g/mol. The Balaban J connectivity index is 1.57. The quantitative estimate of drug-likeness (QED) is 0.847. The van der Waals surface area contributed by atoms with Gasteiger partial charge in [-0.05, 0) is 68.2 Å². The van der Waals surface area contributed by atoms with Crippen molar-refractivity contribution in [2.75, 3.05) is 6.54 Å². The Bertz CT molecular complexity index is 396. The van der Waals surface area contributed by atoms with Gasteiger partial charge in [0.25, 0.3) is 0 Å². The van der Waals surface area contributed by atoms with Crippen molar-refractivity contribution in [3.05, 3.63) is 35.6 Å². The van der Waals surface area contributed by atoms with Crippen molar-refractivity contribution >= 4 is 0 Å². The fourth-order valence-corrected chi connectivity index (χ4v) is 3.35. The molecule has 0 bridgehead atoms. The lowest BCUT2D eigenvalue weighted by atomic mass is 9.76. The van der Waals surface area contributed by atoms with Crippen LogP contribution in [0.1, 0.15) is 44.1 Å². The standard InChI is InChI=1S/C17H24FN/c18-16-7-5-13(6-8-16)11-14-3-1-2-4-15(14)12-19-17-9-10-17/h5-8,14-15,17,19H,1-4,9-12H2. The number of benzene rings is 1. The van der Waals surface area contributed by atoms with E-state index in [4.69, 9.17) is 0 Å². The fraction of sp³-hybridized carbons (Fsp3) is 0.647. The maximum Gasteiger partial charge on any atom is 0.123 e. The van der Waals surface area contributed by atoms with Crippen LogP contribution >= 0.6 is 0 Å². The lowest BCUT2D eigenvalue weighted by molar-refractivity contribution is 0.228. The second kappa shape index (κ2) is 6.04. The van der Waals surface area contributed by atoms with Gasteiger partial charge in [-0.15, -0.1) is 0 Å². The van der Waals surface area contributed by atoms with Crippen molar-refractivity contribution in [2.45, 2.75) is 51.0 Å². The van der Waals surface area contributed by atoms with Crippen LogP contribution in [-0.2, 0) is 6.42 Å². The van der Waals surface area contributed by atoms with E-state index in [9.17, 15) is 4.39 Å². The van der Waals surface area contributed by atoms with Crippen LogP contribution in [0.15, 0.2) is 24.3 Å². The van der Waals surface area contributed by atoms with Crippen molar-refractivity contribution in [3.8, 4) is 0 Å². The second-order valence-electron chi connectivity index (χ2n) is 6.32. The van der Waals surface area contributed by atoms with E-state index in [0.29, 0.717) is 0 Å². The van der Waals surface area contributed by atoms with Gasteiger partial charge in [0, 0.05) is 6.04 Å². The summed E-state index contributed by atoms with van der Waals surface area (Å²) in [5.74, 6) is 1.48. The SMILES string of the molecule is Fc1ccc(CC2CCCCC2CNC2CC2)cc1. The molecule has 1 N–H and O–H groups in total. The molecule has 1 aromatic carbocycles. The van der Waals surface area contributed by atoms with Gasteiger partial charge in [-0.3, -0.25) is 0 Å². The first kappa shape index (κ1) is 13.1. The van der Waals surface area contributed by atoms with E-state index in [-0.39, 0.29) is 5.82 Å². The van der Waals surface area contributed by atoms with Crippen LogP contribution in [0.25, 0.3) is 0 Å². The third kappa shape index (κ3) is 3.79. The normalized spacial score (nSPS) is 27.4. The monoisotopic (exact) mass is 261 g/mol. The van der Waals surface area contributed by atoms with Crippen molar-refractivity contribution < 1.29 is 4.39 Å². The molecule has 1 nitrogen and oxygen atoms in total. The Morgan fingerprint density at radius 1 is 0.947 bits per heavy atom. The van der Waals surface area contributed by atoms with Gasteiger partial charge in [-0.25, -0.2) is 4.39 Å². The zero-order valence-electron chi connectivity index (χ0n) is 11.6. The van der Waals surface area contributed by atoms with E-state index in [1.807, 2.05) is 12.1 Å². The van der Waals surface area contributed by atoms with E-state index in [1.165, 1.54) is 50.6 Å². The largest absolute Gasteiger partial charge is 0.314 e. The Labute approximate surface area is 115 Å². The number of rotatable bonds is 5. The van der Waals surface area contributed by atoms with Crippen LogP contribution < -0.4 is 5.32 Å². The van der Waals surface area contributed by atoms with E-state index >= 15 is 0 Å². The Morgan fingerprint density at radius 3 is 2.32 bits per heavy atom. The van der Waals surface area contributed by atoms with Crippen molar-refractivity contribution in [3.63, 3.8) is 0 Å². The zero-order chi connectivity index (χ0) is 13.1. The summed E-state index contributed by atoms with van der Waals surface area (Å²) in [6.07, 6.45) is 9.32. The van der Waals surface area contributed by atoms with Crippen molar-refractivity contribution in [1.29, 1.82) is 0 Å². The molecule has 3 rings (SSSR count). The van der Waals surface area contributed by atoms with E-state index in [1.54, 1.807) is 12.1 Å². The molecule has 0 amide bonds. The molecular weight excluding hydrogens is 237 g/mol. The average Bonchev–Trinajstić information content (AvgIpc) is 3.25. The predicted octanol–water partition coefficient (Wildman–Crippen LogP) is 3.93. The van der Waals surface area contributed by atoms with Crippen molar-refractivity contribution in [1.82, 2.24) is 5.32 Å². The van der Waals surface area contributed by atoms with Gasteiger partial charge in [0.15, 0.2) is 0 Å². The lowest BCUT2D eigenvalue weighted by Gasteiger charge is -2.32.